The van der Waals surface area contributed by atoms with Gasteiger partial charge >= 0.3 is 15.5 Å². The number of rotatable bonds is 3. The molecule has 0 saturated heterocycles. The highest BCUT2D eigenvalue weighted by molar-refractivity contribution is 9.10. The van der Waals surface area contributed by atoms with Crippen LogP contribution in [-0.4, -0.2) is 33.1 Å². The molecule has 0 amide bonds. The number of ether oxygens (including phenoxy) is 1. The zero-order chi connectivity index (χ0) is 14.1. The summed E-state index contributed by atoms with van der Waals surface area (Å²) in [6.07, 6.45) is 0. The van der Waals surface area contributed by atoms with E-state index in [9.17, 15) is 21.6 Å². The highest BCUT2D eigenvalue weighted by atomic mass is 79.9. The molecule has 0 aliphatic carbocycles. The normalized spacial score (nSPS) is 12.3. The molecule has 0 aromatic carbocycles. The lowest BCUT2D eigenvalue weighted by Crippen LogP contribution is -2.38. The molecule has 0 aliphatic rings. The molecular formula is C8H8BrF3N2O3S. The minimum Gasteiger partial charge on any atom is -0.494 e. The van der Waals surface area contributed by atoms with Crippen molar-refractivity contribution in [2.24, 2.45) is 0 Å². The summed E-state index contributed by atoms with van der Waals surface area (Å²) in [7, 11) is -3.34. The Morgan fingerprint density at radius 1 is 1.39 bits per heavy atom. The van der Waals surface area contributed by atoms with Crippen LogP contribution >= 0.6 is 15.9 Å². The molecule has 18 heavy (non-hydrogen) atoms. The molecule has 0 fully saturated rings. The van der Waals surface area contributed by atoms with E-state index in [1.54, 1.807) is 0 Å². The first kappa shape index (κ1) is 15.0. The number of sulfonamides is 1. The zero-order valence-electron chi connectivity index (χ0n) is 9.19. The second-order valence-electron chi connectivity index (χ2n) is 3.08. The van der Waals surface area contributed by atoms with Crippen LogP contribution in [0.3, 0.4) is 0 Å². The minimum absolute atomic E-state index is 0.0528. The molecule has 1 rings (SSSR count). The van der Waals surface area contributed by atoms with Crippen LogP contribution in [0.15, 0.2) is 16.7 Å². The van der Waals surface area contributed by atoms with Gasteiger partial charge in [0.05, 0.1) is 7.11 Å². The predicted octanol–water partition coefficient (Wildman–Crippen LogP) is 2.14. The van der Waals surface area contributed by atoms with Gasteiger partial charge in [0.1, 0.15) is 10.4 Å². The van der Waals surface area contributed by atoms with Crippen molar-refractivity contribution in [3.8, 4) is 5.75 Å². The molecule has 0 N–H and O–H groups in total. The summed E-state index contributed by atoms with van der Waals surface area (Å²) in [6, 6.07) is 2.40. The number of methoxy groups -OCH3 is 1. The minimum atomic E-state index is -5.46. The van der Waals surface area contributed by atoms with E-state index in [4.69, 9.17) is 4.74 Å². The van der Waals surface area contributed by atoms with Gasteiger partial charge in [-0.1, -0.05) is 0 Å². The molecule has 1 heterocycles. The van der Waals surface area contributed by atoms with Gasteiger partial charge in [-0.25, -0.2) is 9.29 Å². The number of aromatic nitrogens is 1. The summed E-state index contributed by atoms with van der Waals surface area (Å²) < 4.78 is 64.2. The van der Waals surface area contributed by atoms with Gasteiger partial charge in [-0.2, -0.15) is 21.6 Å². The van der Waals surface area contributed by atoms with Gasteiger partial charge in [-0.3, -0.25) is 0 Å². The van der Waals surface area contributed by atoms with E-state index >= 15 is 0 Å². The van der Waals surface area contributed by atoms with Gasteiger partial charge in [-0.05, 0) is 28.1 Å². The molecule has 0 spiro atoms. The molecule has 102 valence electrons. The van der Waals surface area contributed by atoms with Crippen molar-refractivity contribution < 1.29 is 26.3 Å². The molecule has 1 aromatic rings. The Morgan fingerprint density at radius 2 is 1.94 bits per heavy atom. The van der Waals surface area contributed by atoms with Crippen LogP contribution in [0.25, 0.3) is 0 Å². The zero-order valence-corrected chi connectivity index (χ0v) is 11.6. The van der Waals surface area contributed by atoms with Crippen molar-refractivity contribution in [3.05, 3.63) is 16.7 Å². The largest absolute Gasteiger partial charge is 0.516 e. The Hall–Kier alpha value is -1.03. The second kappa shape index (κ2) is 4.92. The van der Waals surface area contributed by atoms with Gasteiger partial charge in [0.15, 0.2) is 5.75 Å². The number of hydrogen-bond donors (Lipinski definition) is 0. The Bertz CT molecular complexity index is 547. The maximum atomic E-state index is 12.3. The van der Waals surface area contributed by atoms with Crippen molar-refractivity contribution in [2.75, 3.05) is 18.5 Å². The quantitative estimate of drug-likeness (QED) is 0.785. The number of anilines is 1. The fourth-order valence-corrected chi connectivity index (χ4v) is 2.15. The molecular weight excluding hydrogens is 341 g/mol. The van der Waals surface area contributed by atoms with Crippen LogP contribution in [0.5, 0.6) is 5.75 Å². The lowest BCUT2D eigenvalue weighted by molar-refractivity contribution is -0.0437. The van der Waals surface area contributed by atoms with E-state index in [2.05, 4.69) is 20.9 Å². The van der Waals surface area contributed by atoms with Crippen LogP contribution in [0, 0.1) is 0 Å². The van der Waals surface area contributed by atoms with E-state index in [0.29, 0.717) is 0 Å². The van der Waals surface area contributed by atoms with Crippen LogP contribution < -0.4 is 9.04 Å². The summed E-state index contributed by atoms with van der Waals surface area (Å²) in [4.78, 5) is 3.66. The van der Waals surface area contributed by atoms with Gasteiger partial charge < -0.3 is 4.74 Å². The topological polar surface area (TPSA) is 59.5 Å². The molecule has 5 nitrogen and oxygen atoms in total. The van der Waals surface area contributed by atoms with Crippen LogP contribution in [-0.2, 0) is 10.0 Å². The molecule has 0 unspecified atom stereocenters. The van der Waals surface area contributed by atoms with E-state index in [1.807, 2.05) is 0 Å². The third kappa shape index (κ3) is 2.69. The summed E-state index contributed by atoms with van der Waals surface area (Å²) in [6.45, 7) is 0. The Morgan fingerprint density at radius 3 is 2.33 bits per heavy atom. The molecule has 0 atom stereocenters. The number of hydrogen-bond acceptors (Lipinski definition) is 4. The number of alkyl halides is 3. The van der Waals surface area contributed by atoms with Crippen molar-refractivity contribution in [1.82, 2.24) is 4.98 Å². The summed E-state index contributed by atoms with van der Waals surface area (Å²) >= 11 is 2.95. The van der Waals surface area contributed by atoms with Gasteiger partial charge in [0.2, 0.25) is 0 Å². The Balaban J connectivity index is 3.21. The highest BCUT2D eigenvalue weighted by Gasteiger charge is 2.49. The molecule has 10 heteroatoms. The third-order valence-electron chi connectivity index (χ3n) is 2.00. The van der Waals surface area contributed by atoms with Gasteiger partial charge in [-0.15, -0.1) is 0 Å². The number of nitrogens with zero attached hydrogens (tertiary/aromatic N) is 2. The van der Waals surface area contributed by atoms with E-state index in [-0.39, 0.29) is 20.5 Å². The SMILES string of the molecule is COc1ccc(N(C)S(=O)(=O)C(F)(F)F)nc1Br. The first-order chi connectivity index (χ1) is 8.11. The fourth-order valence-electron chi connectivity index (χ4n) is 1.02. The van der Waals surface area contributed by atoms with Gasteiger partial charge in [0, 0.05) is 7.05 Å². The van der Waals surface area contributed by atoms with E-state index < -0.39 is 15.5 Å². The van der Waals surface area contributed by atoms with E-state index in [0.717, 1.165) is 13.1 Å². The summed E-state index contributed by atoms with van der Waals surface area (Å²) in [5.74, 6) is -0.100. The van der Waals surface area contributed by atoms with Crippen molar-refractivity contribution in [2.45, 2.75) is 5.51 Å². The molecule has 0 radical (unpaired) electrons. The van der Waals surface area contributed by atoms with Crippen molar-refractivity contribution in [3.63, 3.8) is 0 Å². The average Bonchev–Trinajstić information content (AvgIpc) is 2.26. The van der Waals surface area contributed by atoms with E-state index in [1.165, 1.54) is 13.2 Å². The van der Waals surface area contributed by atoms with Gasteiger partial charge in [0.25, 0.3) is 0 Å². The second-order valence-corrected chi connectivity index (χ2v) is 5.79. The first-order valence-electron chi connectivity index (χ1n) is 4.37. The molecule has 0 bridgehead atoms. The van der Waals surface area contributed by atoms with Crippen LogP contribution in [0.4, 0.5) is 19.0 Å². The summed E-state index contributed by atoms with van der Waals surface area (Å²) in [5, 5.41) is 0. The predicted molar refractivity (Wildman–Crippen MR) is 61.9 cm³/mol. The first-order valence-corrected chi connectivity index (χ1v) is 6.60. The number of pyridine rings is 1. The average molecular weight is 349 g/mol. The smallest absolute Gasteiger partial charge is 0.494 e. The summed E-state index contributed by atoms with van der Waals surface area (Å²) in [5.41, 5.74) is -5.38. The van der Waals surface area contributed by atoms with Crippen molar-refractivity contribution in [1.29, 1.82) is 0 Å². The van der Waals surface area contributed by atoms with Crippen molar-refractivity contribution >= 4 is 31.8 Å². The lowest BCUT2D eigenvalue weighted by Gasteiger charge is -2.20. The molecule has 0 saturated carbocycles. The van der Waals surface area contributed by atoms with Crippen LogP contribution in [0.2, 0.25) is 0 Å². The fraction of sp³-hybridized carbons (Fsp3) is 0.375. The Kier molecular flexibility index (Phi) is 4.11. The maximum absolute atomic E-state index is 12.3. The third-order valence-corrected chi connectivity index (χ3v) is 4.06. The lowest BCUT2D eigenvalue weighted by atomic mass is 10.4. The molecule has 0 aliphatic heterocycles. The highest BCUT2D eigenvalue weighted by Crippen LogP contribution is 2.31. The Labute approximate surface area is 110 Å². The maximum Gasteiger partial charge on any atom is 0.516 e. The number of halogens is 4. The standard InChI is InChI=1S/C8H8BrF3N2O3S/c1-14(18(15,16)8(10,11)12)6-4-3-5(17-2)7(9)13-6/h3-4H,1-2H3. The monoisotopic (exact) mass is 348 g/mol. The molecule has 1 aromatic heterocycles. The van der Waals surface area contributed by atoms with Crippen LogP contribution in [0.1, 0.15) is 0 Å².